The Morgan fingerprint density at radius 2 is 1.69 bits per heavy atom. The molecule has 0 radical (unpaired) electrons. The molecule has 5 heteroatoms. The summed E-state index contributed by atoms with van der Waals surface area (Å²) in [5.74, 6) is -0.126. The maximum absolute atomic E-state index is 12.5. The van der Waals surface area contributed by atoms with Gasteiger partial charge in [0.1, 0.15) is 5.75 Å². The van der Waals surface area contributed by atoms with E-state index in [1.807, 2.05) is 61.5 Å². The maximum Gasteiger partial charge on any atom is 0.303 e. The number of carboxylic acid groups (broad SMARTS) is 1. The minimum absolute atomic E-state index is 0.00781. The Morgan fingerprint density at radius 1 is 1.04 bits per heavy atom. The highest BCUT2D eigenvalue weighted by molar-refractivity contribution is 5.77. The van der Waals surface area contributed by atoms with Crippen molar-refractivity contribution in [3.63, 3.8) is 0 Å². The van der Waals surface area contributed by atoms with Crippen LogP contribution in [-0.4, -0.2) is 24.1 Å². The molecule has 0 aliphatic rings. The molecule has 2 aromatic carbocycles. The summed E-state index contributed by atoms with van der Waals surface area (Å²) < 4.78 is 5.15. The molecule has 2 N–H and O–H groups in total. The van der Waals surface area contributed by atoms with E-state index < -0.39 is 5.97 Å². The largest absolute Gasteiger partial charge is 0.497 e. The number of aliphatic carboxylic acids is 1. The monoisotopic (exact) mass is 355 g/mol. The summed E-state index contributed by atoms with van der Waals surface area (Å²) in [6.07, 6.45) is 0.707. The van der Waals surface area contributed by atoms with Gasteiger partial charge >= 0.3 is 5.97 Å². The third kappa shape index (κ3) is 5.92. The summed E-state index contributed by atoms with van der Waals surface area (Å²) in [5.41, 5.74) is 1.97. The number of benzene rings is 2. The van der Waals surface area contributed by atoms with Crippen LogP contribution in [0.15, 0.2) is 54.6 Å². The summed E-state index contributed by atoms with van der Waals surface area (Å²) in [7, 11) is 1.62. The SMILES string of the molecule is COc1ccc(C(C)CC(=O)NC(CCC(=O)O)c2ccccc2)cc1. The second-order valence-corrected chi connectivity index (χ2v) is 6.34. The Balaban J connectivity index is 2.00. The van der Waals surface area contributed by atoms with E-state index in [4.69, 9.17) is 9.84 Å². The molecule has 0 saturated heterocycles. The summed E-state index contributed by atoms with van der Waals surface area (Å²) in [6, 6.07) is 16.8. The summed E-state index contributed by atoms with van der Waals surface area (Å²) in [5, 5.41) is 11.9. The number of hydrogen-bond acceptors (Lipinski definition) is 3. The molecule has 0 bridgehead atoms. The van der Waals surface area contributed by atoms with E-state index >= 15 is 0 Å². The molecule has 0 aliphatic carbocycles. The molecule has 2 unspecified atom stereocenters. The highest BCUT2D eigenvalue weighted by Gasteiger charge is 2.18. The zero-order valence-corrected chi connectivity index (χ0v) is 15.1. The number of carboxylic acids is 1. The van der Waals surface area contributed by atoms with Crippen LogP contribution in [0.3, 0.4) is 0 Å². The first-order valence-electron chi connectivity index (χ1n) is 8.69. The van der Waals surface area contributed by atoms with Crippen LogP contribution >= 0.6 is 0 Å². The Morgan fingerprint density at radius 3 is 2.27 bits per heavy atom. The van der Waals surface area contributed by atoms with Gasteiger partial charge in [-0.25, -0.2) is 0 Å². The topological polar surface area (TPSA) is 75.6 Å². The van der Waals surface area contributed by atoms with Gasteiger partial charge in [0.05, 0.1) is 13.2 Å². The average molecular weight is 355 g/mol. The average Bonchev–Trinajstić information content (AvgIpc) is 2.65. The van der Waals surface area contributed by atoms with Gasteiger partial charge < -0.3 is 15.2 Å². The van der Waals surface area contributed by atoms with E-state index in [-0.39, 0.29) is 24.3 Å². The predicted octanol–water partition coefficient (Wildman–Crippen LogP) is 3.91. The lowest BCUT2D eigenvalue weighted by atomic mass is 9.96. The van der Waals surface area contributed by atoms with Crippen LogP contribution in [0.5, 0.6) is 5.75 Å². The molecule has 2 aromatic rings. The first kappa shape index (κ1) is 19.5. The fraction of sp³-hybridized carbons (Fsp3) is 0.333. The molecule has 0 heterocycles. The lowest BCUT2D eigenvalue weighted by Crippen LogP contribution is -2.29. The van der Waals surface area contributed by atoms with Crippen LogP contribution in [0, 0.1) is 0 Å². The molecular weight excluding hydrogens is 330 g/mol. The normalized spacial score (nSPS) is 12.8. The number of hydrogen-bond donors (Lipinski definition) is 2. The first-order chi connectivity index (χ1) is 12.5. The molecule has 0 aromatic heterocycles. The maximum atomic E-state index is 12.5. The second kappa shape index (κ2) is 9.61. The van der Waals surface area contributed by atoms with Crippen molar-refractivity contribution in [3.05, 3.63) is 65.7 Å². The first-order valence-corrected chi connectivity index (χ1v) is 8.69. The van der Waals surface area contributed by atoms with Crippen LogP contribution < -0.4 is 10.1 Å². The lowest BCUT2D eigenvalue weighted by Gasteiger charge is -2.20. The van der Waals surface area contributed by atoms with Gasteiger partial charge in [0.2, 0.25) is 5.91 Å². The van der Waals surface area contributed by atoms with Gasteiger partial charge in [0, 0.05) is 12.8 Å². The number of amides is 1. The van der Waals surface area contributed by atoms with Gasteiger partial charge in [-0.05, 0) is 35.6 Å². The molecule has 138 valence electrons. The summed E-state index contributed by atoms with van der Waals surface area (Å²) in [6.45, 7) is 2.00. The van der Waals surface area contributed by atoms with E-state index in [1.165, 1.54) is 0 Å². The van der Waals surface area contributed by atoms with Crippen LogP contribution in [0.1, 0.15) is 49.3 Å². The van der Waals surface area contributed by atoms with Crippen molar-refractivity contribution in [2.45, 2.75) is 38.1 Å². The van der Waals surface area contributed by atoms with Gasteiger partial charge in [-0.1, -0.05) is 49.4 Å². The predicted molar refractivity (Wildman–Crippen MR) is 100 cm³/mol. The van der Waals surface area contributed by atoms with Crippen LogP contribution in [0.4, 0.5) is 0 Å². The molecule has 26 heavy (non-hydrogen) atoms. The van der Waals surface area contributed by atoms with Crippen molar-refractivity contribution in [1.82, 2.24) is 5.32 Å². The van der Waals surface area contributed by atoms with Crippen molar-refractivity contribution >= 4 is 11.9 Å². The van der Waals surface area contributed by atoms with Crippen molar-refractivity contribution in [1.29, 1.82) is 0 Å². The van der Waals surface area contributed by atoms with Gasteiger partial charge in [-0.2, -0.15) is 0 Å². The molecular formula is C21H25NO4. The smallest absolute Gasteiger partial charge is 0.303 e. The molecule has 0 spiro atoms. The number of carbonyl (C=O) groups is 2. The summed E-state index contributed by atoms with van der Waals surface area (Å²) >= 11 is 0. The van der Waals surface area contributed by atoms with Gasteiger partial charge in [0.25, 0.3) is 0 Å². The quantitative estimate of drug-likeness (QED) is 0.715. The van der Waals surface area contributed by atoms with Crippen molar-refractivity contribution in [3.8, 4) is 5.75 Å². The third-order valence-electron chi connectivity index (χ3n) is 4.36. The lowest BCUT2D eigenvalue weighted by molar-refractivity contribution is -0.137. The fourth-order valence-electron chi connectivity index (χ4n) is 2.86. The van der Waals surface area contributed by atoms with Crippen molar-refractivity contribution in [2.24, 2.45) is 0 Å². The highest BCUT2D eigenvalue weighted by Crippen LogP contribution is 2.23. The minimum atomic E-state index is -0.869. The van der Waals surface area contributed by atoms with Gasteiger partial charge in [0.15, 0.2) is 0 Å². The highest BCUT2D eigenvalue weighted by atomic mass is 16.5. The molecule has 1 amide bonds. The number of nitrogens with one attached hydrogen (secondary N) is 1. The Kier molecular flexibility index (Phi) is 7.21. The number of carbonyl (C=O) groups excluding carboxylic acids is 1. The number of methoxy groups -OCH3 is 1. The molecule has 0 aliphatic heterocycles. The van der Waals surface area contributed by atoms with E-state index in [0.29, 0.717) is 12.8 Å². The Labute approximate surface area is 154 Å². The zero-order valence-electron chi connectivity index (χ0n) is 15.1. The molecule has 0 saturated carbocycles. The van der Waals surface area contributed by atoms with E-state index in [1.54, 1.807) is 7.11 Å². The van der Waals surface area contributed by atoms with Gasteiger partial charge in [-0.3, -0.25) is 9.59 Å². The Hall–Kier alpha value is -2.82. The summed E-state index contributed by atoms with van der Waals surface area (Å²) in [4.78, 5) is 23.4. The minimum Gasteiger partial charge on any atom is -0.497 e. The molecule has 2 rings (SSSR count). The van der Waals surface area contributed by atoms with Crippen LogP contribution in [0.25, 0.3) is 0 Å². The van der Waals surface area contributed by atoms with Crippen molar-refractivity contribution in [2.75, 3.05) is 7.11 Å². The van der Waals surface area contributed by atoms with Crippen LogP contribution in [0.2, 0.25) is 0 Å². The molecule has 2 atom stereocenters. The molecule has 0 fully saturated rings. The van der Waals surface area contributed by atoms with Gasteiger partial charge in [-0.15, -0.1) is 0 Å². The number of ether oxygens (including phenoxy) is 1. The van der Waals surface area contributed by atoms with Crippen molar-refractivity contribution < 1.29 is 19.4 Å². The van der Waals surface area contributed by atoms with E-state index in [0.717, 1.165) is 16.9 Å². The Bertz CT molecular complexity index is 713. The third-order valence-corrected chi connectivity index (χ3v) is 4.36. The van der Waals surface area contributed by atoms with E-state index in [9.17, 15) is 9.59 Å². The van der Waals surface area contributed by atoms with Crippen LogP contribution in [-0.2, 0) is 9.59 Å². The van der Waals surface area contributed by atoms with E-state index in [2.05, 4.69) is 5.32 Å². The number of rotatable bonds is 9. The molecule has 5 nitrogen and oxygen atoms in total. The standard InChI is InChI=1S/C21H25NO4/c1-15(16-8-10-18(26-2)11-9-16)14-20(23)22-19(12-13-21(24)25)17-6-4-3-5-7-17/h3-11,15,19H,12-14H2,1-2H3,(H,22,23)(H,24,25). The second-order valence-electron chi connectivity index (χ2n) is 6.34. The zero-order chi connectivity index (χ0) is 18.9. The fourth-order valence-corrected chi connectivity index (χ4v) is 2.86.